The minimum Gasteiger partial charge on any atom is -0.508 e. The van der Waals surface area contributed by atoms with Gasteiger partial charge >= 0.3 is 0 Å². The number of hydrogen-bond donors (Lipinski definition) is 3. The number of rotatable bonds is 5. The van der Waals surface area contributed by atoms with Crippen molar-refractivity contribution < 1.29 is 14.6 Å². The van der Waals surface area contributed by atoms with Crippen molar-refractivity contribution in [1.29, 1.82) is 0 Å². The molecular weight excluding hydrogens is 268 g/mol. The first kappa shape index (κ1) is 14.7. The van der Waals surface area contributed by atoms with Gasteiger partial charge in [0, 0.05) is 12.1 Å². The van der Waals surface area contributed by atoms with Gasteiger partial charge in [0.1, 0.15) is 11.5 Å². The topological polar surface area (TPSA) is 84.6 Å². The van der Waals surface area contributed by atoms with E-state index in [1.165, 1.54) is 7.11 Å². The minimum absolute atomic E-state index is 0.178. The number of nitrogens with two attached hydrogens (primary N) is 1. The number of phenolic OH excluding ortho intramolecular Hbond substituents is 1. The normalized spacial score (nSPS) is 10.1. The molecule has 0 aliphatic carbocycles. The Morgan fingerprint density at radius 1 is 1.24 bits per heavy atom. The Bertz CT molecular complexity index is 624. The third kappa shape index (κ3) is 3.89. The molecule has 0 heterocycles. The largest absolute Gasteiger partial charge is 0.508 e. The lowest BCUT2D eigenvalue weighted by molar-refractivity contribution is 0.0954. The van der Waals surface area contributed by atoms with E-state index in [1.54, 1.807) is 30.3 Å². The van der Waals surface area contributed by atoms with Crippen LogP contribution in [0.5, 0.6) is 11.5 Å². The van der Waals surface area contributed by atoms with Gasteiger partial charge in [0.25, 0.3) is 5.91 Å². The number of amides is 1. The molecule has 0 aliphatic heterocycles. The maximum absolute atomic E-state index is 12.0. The summed E-state index contributed by atoms with van der Waals surface area (Å²) in [6, 6.07) is 11.8. The molecule has 1 amide bonds. The first-order chi connectivity index (χ1) is 10.1. The Hall–Kier alpha value is -2.69. The molecule has 0 saturated carbocycles. The highest BCUT2D eigenvalue weighted by Gasteiger charge is 2.08. The van der Waals surface area contributed by atoms with Gasteiger partial charge in [0.05, 0.1) is 12.8 Å². The Morgan fingerprint density at radius 3 is 2.57 bits per heavy atom. The zero-order valence-corrected chi connectivity index (χ0v) is 11.8. The zero-order valence-electron chi connectivity index (χ0n) is 11.8. The smallest absolute Gasteiger partial charge is 0.251 e. The van der Waals surface area contributed by atoms with Gasteiger partial charge in [-0.2, -0.15) is 0 Å². The second-order valence-corrected chi connectivity index (χ2v) is 4.63. The van der Waals surface area contributed by atoms with Crippen molar-refractivity contribution >= 4 is 11.6 Å². The quantitative estimate of drug-likeness (QED) is 0.733. The summed E-state index contributed by atoms with van der Waals surface area (Å²) in [5, 5.41) is 12.0. The highest BCUT2D eigenvalue weighted by Crippen LogP contribution is 2.21. The molecule has 0 aromatic heterocycles. The van der Waals surface area contributed by atoms with Gasteiger partial charge in [-0.3, -0.25) is 4.79 Å². The van der Waals surface area contributed by atoms with Crippen molar-refractivity contribution in [3.8, 4) is 11.5 Å². The van der Waals surface area contributed by atoms with Crippen LogP contribution in [0.25, 0.3) is 0 Å². The average molecular weight is 286 g/mol. The fourth-order valence-corrected chi connectivity index (χ4v) is 1.96. The summed E-state index contributed by atoms with van der Waals surface area (Å²) >= 11 is 0. The Morgan fingerprint density at radius 2 is 1.95 bits per heavy atom. The molecule has 0 spiro atoms. The van der Waals surface area contributed by atoms with E-state index in [0.29, 0.717) is 30.0 Å². The van der Waals surface area contributed by atoms with Crippen LogP contribution in [0.3, 0.4) is 0 Å². The Labute approximate surface area is 123 Å². The van der Waals surface area contributed by atoms with Gasteiger partial charge in [-0.15, -0.1) is 0 Å². The molecule has 5 heteroatoms. The van der Waals surface area contributed by atoms with E-state index < -0.39 is 0 Å². The number of aromatic hydroxyl groups is 1. The van der Waals surface area contributed by atoms with E-state index >= 15 is 0 Å². The zero-order chi connectivity index (χ0) is 15.2. The predicted octanol–water partition coefficient (Wildman–Crippen LogP) is 1.96. The SMILES string of the molecule is COc1ccc(C(=O)NCCc2ccc(O)cc2)cc1N. The van der Waals surface area contributed by atoms with Crippen molar-refractivity contribution in [3.05, 3.63) is 53.6 Å². The summed E-state index contributed by atoms with van der Waals surface area (Å²) in [7, 11) is 1.53. The number of carbonyl (C=O) groups is 1. The number of methoxy groups -OCH3 is 1. The van der Waals surface area contributed by atoms with Crippen LogP contribution >= 0.6 is 0 Å². The van der Waals surface area contributed by atoms with E-state index in [9.17, 15) is 9.90 Å². The fraction of sp³-hybridized carbons (Fsp3) is 0.188. The van der Waals surface area contributed by atoms with E-state index in [-0.39, 0.29) is 11.7 Å². The second-order valence-electron chi connectivity index (χ2n) is 4.63. The van der Waals surface area contributed by atoms with Crippen LogP contribution in [0.4, 0.5) is 5.69 Å². The summed E-state index contributed by atoms with van der Waals surface area (Å²) in [6.07, 6.45) is 0.692. The molecule has 110 valence electrons. The average Bonchev–Trinajstić information content (AvgIpc) is 2.49. The van der Waals surface area contributed by atoms with E-state index in [2.05, 4.69) is 5.32 Å². The van der Waals surface area contributed by atoms with Crippen molar-refractivity contribution in [2.45, 2.75) is 6.42 Å². The summed E-state index contributed by atoms with van der Waals surface area (Å²) in [4.78, 5) is 12.0. The molecule has 0 fully saturated rings. The molecule has 4 N–H and O–H groups in total. The third-order valence-electron chi connectivity index (χ3n) is 3.13. The van der Waals surface area contributed by atoms with Gasteiger partial charge < -0.3 is 20.9 Å². The fourth-order valence-electron chi connectivity index (χ4n) is 1.96. The molecule has 0 atom stereocenters. The van der Waals surface area contributed by atoms with Gasteiger partial charge in [-0.25, -0.2) is 0 Å². The summed E-state index contributed by atoms with van der Waals surface area (Å²) in [5.74, 6) is 0.607. The number of nitrogen functional groups attached to an aromatic ring is 1. The minimum atomic E-state index is -0.178. The molecule has 2 aromatic carbocycles. The lowest BCUT2D eigenvalue weighted by atomic mass is 10.1. The lowest BCUT2D eigenvalue weighted by Gasteiger charge is -2.08. The number of hydrogen-bond acceptors (Lipinski definition) is 4. The summed E-state index contributed by atoms with van der Waals surface area (Å²) in [6.45, 7) is 0.509. The number of carbonyl (C=O) groups excluding carboxylic acids is 1. The predicted molar refractivity (Wildman–Crippen MR) is 81.6 cm³/mol. The summed E-state index contributed by atoms with van der Waals surface area (Å²) in [5.41, 5.74) is 7.75. The standard InChI is InChI=1S/C16H18N2O3/c1-21-15-7-4-12(10-14(15)17)16(20)18-9-8-11-2-5-13(19)6-3-11/h2-7,10,19H,8-9,17H2,1H3,(H,18,20). The van der Waals surface area contributed by atoms with Gasteiger partial charge in [-0.1, -0.05) is 12.1 Å². The van der Waals surface area contributed by atoms with Crippen LogP contribution in [0.2, 0.25) is 0 Å². The monoisotopic (exact) mass is 286 g/mol. The van der Waals surface area contributed by atoms with Crippen LogP contribution < -0.4 is 15.8 Å². The number of benzene rings is 2. The van der Waals surface area contributed by atoms with Crippen LogP contribution in [-0.4, -0.2) is 24.7 Å². The highest BCUT2D eigenvalue weighted by atomic mass is 16.5. The summed E-state index contributed by atoms with van der Waals surface area (Å²) < 4.78 is 5.05. The van der Waals surface area contributed by atoms with Crippen LogP contribution in [-0.2, 0) is 6.42 Å². The van der Waals surface area contributed by atoms with Crippen molar-refractivity contribution in [2.75, 3.05) is 19.4 Å². The Kier molecular flexibility index (Phi) is 4.66. The molecule has 0 unspecified atom stereocenters. The third-order valence-corrected chi connectivity index (χ3v) is 3.13. The van der Waals surface area contributed by atoms with E-state index in [4.69, 9.17) is 10.5 Å². The molecule has 21 heavy (non-hydrogen) atoms. The van der Waals surface area contributed by atoms with E-state index in [0.717, 1.165) is 5.56 Å². The van der Waals surface area contributed by atoms with Crippen LogP contribution in [0, 0.1) is 0 Å². The molecule has 2 aromatic rings. The molecule has 0 aliphatic rings. The van der Waals surface area contributed by atoms with Gasteiger partial charge in [-0.05, 0) is 42.3 Å². The number of anilines is 1. The van der Waals surface area contributed by atoms with Gasteiger partial charge in [0.15, 0.2) is 0 Å². The van der Waals surface area contributed by atoms with E-state index in [1.807, 2.05) is 12.1 Å². The van der Waals surface area contributed by atoms with Crippen LogP contribution in [0.15, 0.2) is 42.5 Å². The number of ether oxygens (including phenoxy) is 1. The van der Waals surface area contributed by atoms with Crippen LogP contribution in [0.1, 0.15) is 15.9 Å². The lowest BCUT2D eigenvalue weighted by Crippen LogP contribution is -2.25. The maximum Gasteiger partial charge on any atom is 0.251 e. The first-order valence-corrected chi connectivity index (χ1v) is 6.60. The van der Waals surface area contributed by atoms with Gasteiger partial charge in [0.2, 0.25) is 0 Å². The van der Waals surface area contributed by atoms with Crippen molar-refractivity contribution in [3.63, 3.8) is 0 Å². The number of nitrogens with one attached hydrogen (secondary N) is 1. The molecule has 2 rings (SSSR count). The first-order valence-electron chi connectivity index (χ1n) is 6.60. The number of phenols is 1. The molecule has 0 radical (unpaired) electrons. The maximum atomic E-state index is 12.0. The molecule has 0 saturated heterocycles. The van der Waals surface area contributed by atoms with Crippen molar-refractivity contribution in [1.82, 2.24) is 5.32 Å². The second kappa shape index (κ2) is 6.65. The Balaban J connectivity index is 1.89. The highest BCUT2D eigenvalue weighted by molar-refractivity contribution is 5.95. The van der Waals surface area contributed by atoms with Crippen molar-refractivity contribution in [2.24, 2.45) is 0 Å². The molecular formula is C16H18N2O3. The molecule has 5 nitrogen and oxygen atoms in total. The molecule has 0 bridgehead atoms.